The van der Waals surface area contributed by atoms with Gasteiger partial charge in [0.15, 0.2) is 0 Å². The summed E-state index contributed by atoms with van der Waals surface area (Å²) in [6, 6.07) is 0. The Hall–Kier alpha value is -0.500. The van der Waals surface area contributed by atoms with Crippen LogP contribution in [0, 0.1) is 0 Å². The lowest BCUT2D eigenvalue weighted by molar-refractivity contribution is 0.739. The zero-order chi connectivity index (χ0) is 7.56. The highest BCUT2D eigenvalue weighted by Gasteiger charge is 2.06. The van der Waals surface area contributed by atoms with E-state index in [1.165, 1.54) is 12.0 Å². The van der Waals surface area contributed by atoms with Gasteiger partial charge >= 0.3 is 0 Å². The molecule has 1 aromatic heterocycles. The summed E-state index contributed by atoms with van der Waals surface area (Å²) in [5, 5.41) is 4.14. The summed E-state index contributed by atoms with van der Waals surface area (Å²) in [6.07, 6.45) is 1.17. The van der Waals surface area contributed by atoms with Crippen LogP contribution in [0.4, 0.5) is 5.69 Å². The monoisotopic (exact) mass is 155 g/mol. The van der Waals surface area contributed by atoms with Crippen molar-refractivity contribution >= 4 is 17.0 Å². The Morgan fingerprint density at radius 3 is 2.70 bits per heavy atom. The molecule has 1 aromatic rings. The summed E-state index contributed by atoms with van der Waals surface area (Å²) in [5.74, 6) is 0.617. The molecule has 0 aliphatic rings. The highest BCUT2D eigenvalue weighted by atomic mass is 32.1. The van der Waals surface area contributed by atoms with Crippen molar-refractivity contribution in [3.8, 4) is 0 Å². The topological polar surface area (TPSA) is 26.0 Å². The van der Waals surface area contributed by atoms with Crippen molar-refractivity contribution in [3.05, 3.63) is 16.3 Å². The van der Waals surface area contributed by atoms with Gasteiger partial charge in [-0.05, 0) is 23.3 Å². The molecule has 1 unspecified atom stereocenters. The highest BCUT2D eigenvalue weighted by Crippen LogP contribution is 2.27. The normalized spacial score (nSPS) is 13.4. The second kappa shape index (κ2) is 3.06. The third-order valence-electron chi connectivity index (χ3n) is 1.87. The van der Waals surface area contributed by atoms with Crippen molar-refractivity contribution < 1.29 is 0 Å². The molecule has 2 heteroatoms. The van der Waals surface area contributed by atoms with E-state index in [2.05, 4.69) is 19.2 Å². The van der Waals surface area contributed by atoms with Gasteiger partial charge in [0.1, 0.15) is 0 Å². The third-order valence-corrected chi connectivity index (χ3v) is 2.65. The molecule has 0 saturated carbocycles. The average Bonchev–Trinajstić information content (AvgIpc) is 2.34. The molecule has 1 atom stereocenters. The van der Waals surface area contributed by atoms with Crippen molar-refractivity contribution in [2.45, 2.75) is 26.2 Å². The van der Waals surface area contributed by atoms with E-state index in [4.69, 9.17) is 5.73 Å². The molecule has 0 spiro atoms. The first-order chi connectivity index (χ1) is 4.75. The van der Waals surface area contributed by atoms with Crippen LogP contribution in [0.25, 0.3) is 0 Å². The molecule has 0 saturated heterocycles. The summed E-state index contributed by atoms with van der Waals surface area (Å²) >= 11 is 1.68. The maximum Gasteiger partial charge on any atom is 0.0458 e. The van der Waals surface area contributed by atoms with Gasteiger partial charge in [-0.3, -0.25) is 0 Å². The Kier molecular flexibility index (Phi) is 2.33. The van der Waals surface area contributed by atoms with Crippen LogP contribution in [0.15, 0.2) is 10.8 Å². The lowest BCUT2D eigenvalue weighted by atomic mass is 10.0. The smallest absolute Gasteiger partial charge is 0.0458 e. The Labute approximate surface area is 65.9 Å². The first-order valence-electron chi connectivity index (χ1n) is 3.57. The molecular weight excluding hydrogens is 142 g/mol. The van der Waals surface area contributed by atoms with Crippen molar-refractivity contribution in [2.75, 3.05) is 5.73 Å². The van der Waals surface area contributed by atoms with Gasteiger partial charge in [0, 0.05) is 11.1 Å². The second-order valence-electron chi connectivity index (χ2n) is 2.59. The molecule has 10 heavy (non-hydrogen) atoms. The van der Waals surface area contributed by atoms with Gasteiger partial charge in [0.25, 0.3) is 0 Å². The van der Waals surface area contributed by atoms with Crippen LogP contribution in [0.5, 0.6) is 0 Å². The first-order valence-corrected chi connectivity index (χ1v) is 4.51. The SMILES string of the molecule is CCC(C)c1cscc1N. The molecule has 1 heterocycles. The summed E-state index contributed by atoms with van der Waals surface area (Å²) < 4.78 is 0. The fourth-order valence-electron chi connectivity index (χ4n) is 0.937. The lowest BCUT2D eigenvalue weighted by Gasteiger charge is -2.05. The van der Waals surface area contributed by atoms with Gasteiger partial charge < -0.3 is 5.73 Å². The molecule has 0 amide bonds. The minimum Gasteiger partial charge on any atom is -0.398 e. The van der Waals surface area contributed by atoms with Crippen LogP contribution >= 0.6 is 11.3 Å². The number of nitrogen functional groups attached to an aromatic ring is 1. The maximum absolute atomic E-state index is 5.73. The van der Waals surface area contributed by atoms with Gasteiger partial charge in [-0.15, -0.1) is 11.3 Å². The summed E-state index contributed by atoms with van der Waals surface area (Å²) in [4.78, 5) is 0. The molecule has 0 aromatic carbocycles. The van der Waals surface area contributed by atoms with Crippen LogP contribution in [0.1, 0.15) is 31.7 Å². The minimum atomic E-state index is 0.617. The van der Waals surface area contributed by atoms with E-state index in [9.17, 15) is 0 Å². The van der Waals surface area contributed by atoms with Gasteiger partial charge in [0.2, 0.25) is 0 Å². The highest BCUT2D eigenvalue weighted by molar-refractivity contribution is 7.08. The zero-order valence-corrected chi connectivity index (χ0v) is 7.24. The standard InChI is InChI=1S/C8H13NS/c1-3-6(2)7-4-10-5-8(7)9/h4-6H,3,9H2,1-2H3. The van der Waals surface area contributed by atoms with Crippen molar-refractivity contribution in [1.82, 2.24) is 0 Å². The van der Waals surface area contributed by atoms with Crippen LogP contribution in [0.2, 0.25) is 0 Å². The summed E-state index contributed by atoms with van der Waals surface area (Å²) in [5.41, 5.74) is 8.00. The summed E-state index contributed by atoms with van der Waals surface area (Å²) in [7, 11) is 0. The van der Waals surface area contributed by atoms with E-state index < -0.39 is 0 Å². The predicted molar refractivity (Wildman–Crippen MR) is 47.4 cm³/mol. The van der Waals surface area contributed by atoms with E-state index in [0.717, 1.165) is 5.69 Å². The molecule has 0 aliphatic heterocycles. The molecule has 56 valence electrons. The van der Waals surface area contributed by atoms with Gasteiger partial charge in [-0.25, -0.2) is 0 Å². The maximum atomic E-state index is 5.73. The number of hydrogen-bond donors (Lipinski definition) is 1. The molecule has 0 fully saturated rings. The molecule has 0 aliphatic carbocycles. The lowest BCUT2D eigenvalue weighted by Crippen LogP contribution is -1.93. The molecular formula is C8H13NS. The zero-order valence-electron chi connectivity index (χ0n) is 6.42. The van der Waals surface area contributed by atoms with E-state index in [1.807, 2.05) is 5.38 Å². The van der Waals surface area contributed by atoms with E-state index in [0.29, 0.717) is 5.92 Å². The van der Waals surface area contributed by atoms with Crippen molar-refractivity contribution in [3.63, 3.8) is 0 Å². The van der Waals surface area contributed by atoms with E-state index >= 15 is 0 Å². The van der Waals surface area contributed by atoms with E-state index in [1.54, 1.807) is 11.3 Å². The quantitative estimate of drug-likeness (QED) is 0.698. The molecule has 1 rings (SSSR count). The molecule has 2 N–H and O–H groups in total. The largest absolute Gasteiger partial charge is 0.398 e. The average molecular weight is 155 g/mol. The molecule has 1 nitrogen and oxygen atoms in total. The van der Waals surface area contributed by atoms with Gasteiger partial charge in [-0.1, -0.05) is 13.8 Å². The number of nitrogens with two attached hydrogens (primary N) is 1. The molecule has 0 radical (unpaired) electrons. The van der Waals surface area contributed by atoms with Crippen molar-refractivity contribution in [1.29, 1.82) is 0 Å². The number of anilines is 1. The minimum absolute atomic E-state index is 0.617. The fraction of sp³-hybridized carbons (Fsp3) is 0.500. The van der Waals surface area contributed by atoms with Crippen LogP contribution in [-0.4, -0.2) is 0 Å². The Bertz CT molecular complexity index is 205. The third kappa shape index (κ3) is 1.32. The van der Waals surface area contributed by atoms with Gasteiger partial charge in [0.05, 0.1) is 0 Å². The Morgan fingerprint density at radius 1 is 1.60 bits per heavy atom. The Balaban J connectivity index is 2.82. The van der Waals surface area contributed by atoms with Crippen molar-refractivity contribution in [2.24, 2.45) is 0 Å². The van der Waals surface area contributed by atoms with E-state index in [-0.39, 0.29) is 0 Å². The number of rotatable bonds is 2. The fourth-order valence-corrected chi connectivity index (χ4v) is 1.80. The van der Waals surface area contributed by atoms with Gasteiger partial charge in [-0.2, -0.15) is 0 Å². The number of hydrogen-bond acceptors (Lipinski definition) is 2. The van der Waals surface area contributed by atoms with Crippen LogP contribution < -0.4 is 5.73 Å². The first kappa shape index (κ1) is 7.61. The molecule has 0 bridgehead atoms. The Morgan fingerprint density at radius 2 is 2.30 bits per heavy atom. The van der Waals surface area contributed by atoms with Crippen LogP contribution in [0.3, 0.4) is 0 Å². The second-order valence-corrected chi connectivity index (χ2v) is 3.34. The van der Waals surface area contributed by atoms with Crippen LogP contribution in [-0.2, 0) is 0 Å². The number of thiophene rings is 1. The predicted octanol–water partition coefficient (Wildman–Crippen LogP) is 2.84. The summed E-state index contributed by atoms with van der Waals surface area (Å²) in [6.45, 7) is 4.39.